The minimum absolute atomic E-state index is 0.122. The number of nitriles is 1. The normalized spacial score (nSPS) is 12.6. The van der Waals surface area contributed by atoms with Gasteiger partial charge in [0.25, 0.3) is 11.8 Å². The van der Waals surface area contributed by atoms with E-state index in [0.717, 1.165) is 11.1 Å². The van der Waals surface area contributed by atoms with Crippen LogP contribution in [-0.2, 0) is 13.1 Å². The highest BCUT2D eigenvalue weighted by molar-refractivity contribution is 6.10. The summed E-state index contributed by atoms with van der Waals surface area (Å²) in [4.78, 5) is 23.8. The SMILES string of the molecule is CCOc1cc(-c2cc(C)c3c(n2)CN(c2cnn(CC#N)c2)C3=O)cnc1OCC. The van der Waals surface area contributed by atoms with Crippen molar-refractivity contribution < 1.29 is 14.3 Å². The van der Waals surface area contributed by atoms with Crippen LogP contribution in [0.3, 0.4) is 0 Å². The van der Waals surface area contributed by atoms with Crippen molar-refractivity contribution in [1.82, 2.24) is 19.7 Å². The minimum atomic E-state index is -0.122. The Morgan fingerprint density at radius 1 is 1.19 bits per heavy atom. The summed E-state index contributed by atoms with van der Waals surface area (Å²) in [5.74, 6) is 0.883. The Hall–Kier alpha value is -3.93. The Bertz CT molecular complexity index is 1180. The van der Waals surface area contributed by atoms with E-state index >= 15 is 0 Å². The van der Waals surface area contributed by atoms with E-state index in [0.29, 0.717) is 54.0 Å². The number of fused-ring (bicyclic) bond motifs is 1. The number of carbonyl (C=O) groups excluding carboxylic acids is 1. The van der Waals surface area contributed by atoms with Crippen LogP contribution in [0.25, 0.3) is 11.3 Å². The van der Waals surface area contributed by atoms with Gasteiger partial charge in [-0.15, -0.1) is 0 Å². The third-order valence-electron chi connectivity index (χ3n) is 4.92. The van der Waals surface area contributed by atoms with Crippen LogP contribution in [-0.4, -0.2) is 38.9 Å². The van der Waals surface area contributed by atoms with Gasteiger partial charge in [0.2, 0.25) is 0 Å². The summed E-state index contributed by atoms with van der Waals surface area (Å²) in [5.41, 5.74) is 4.26. The summed E-state index contributed by atoms with van der Waals surface area (Å²) in [5, 5.41) is 13.0. The average molecular weight is 418 g/mol. The molecule has 0 radical (unpaired) electrons. The molecule has 0 saturated heterocycles. The quantitative estimate of drug-likeness (QED) is 0.580. The van der Waals surface area contributed by atoms with Gasteiger partial charge in [-0.25, -0.2) is 4.98 Å². The van der Waals surface area contributed by atoms with E-state index in [1.54, 1.807) is 23.5 Å². The molecule has 0 fully saturated rings. The molecule has 9 nitrogen and oxygen atoms in total. The third-order valence-corrected chi connectivity index (χ3v) is 4.92. The highest BCUT2D eigenvalue weighted by Gasteiger charge is 2.32. The number of hydrogen-bond acceptors (Lipinski definition) is 7. The maximum Gasteiger partial charge on any atom is 0.260 e. The van der Waals surface area contributed by atoms with Gasteiger partial charge >= 0.3 is 0 Å². The van der Waals surface area contributed by atoms with E-state index in [2.05, 4.69) is 10.1 Å². The number of aromatic nitrogens is 4. The lowest BCUT2D eigenvalue weighted by molar-refractivity contribution is 0.0996. The van der Waals surface area contributed by atoms with Gasteiger partial charge in [-0.2, -0.15) is 10.4 Å². The lowest BCUT2D eigenvalue weighted by Gasteiger charge is -2.12. The molecule has 0 aliphatic carbocycles. The van der Waals surface area contributed by atoms with Crippen LogP contribution in [0.4, 0.5) is 5.69 Å². The second-order valence-corrected chi connectivity index (χ2v) is 6.98. The van der Waals surface area contributed by atoms with Crippen molar-refractivity contribution in [3.05, 3.63) is 47.5 Å². The maximum atomic E-state index is 13.0. The summed E-state index contributed by atoms with van der Waals surface area (Å²) in [7, 11) is 0. The molecule has 158 valence electrons. The van der Waals surface area contributed by atoms with Crippen molar-refractivity contribution in [2.75, 3.05) is 18.1 Å². The van der Waals surface area contributed by atoms with E-state index in [4.69, 9.17) is 19.7 Å². The molecule has 0 aromatic carbocycles. The van der Waals surface area contributed by atoms with Gasteiger partial charge in [0.15, 0.2) is 5.75 Å². The molecule has 0 bridgehead atoms. The van der Waals surface area contributed by atoms with Crippen molar-refractivity contribution in [2.24, 2.45) is 0 Å². The molecule has 0 saturated carbocycles. The predicted octanol–water partition coefficient (Wildman–Crippen LogP) is 3.13. The van der Waals surface area contributed by atoms with Gasteiger partial charge in [-0.05, 0) is 38.5 Å². The molecule has 0 N–H and O–H groups in total. The predicted molar refractivity (Wildman–Crippen MR) is 113 cm³/mol. The number of nitrogens with zero attached hydrogens (tertiary/aromatic N) is 6. The van der Waals surface area contributed by atoms with Crippen molar-refractivity contribution in [3.8, 4) is 29.0 Å². The zero-order valence-electron chi connectivity index (χ0n) is 17.6. The molecular weight excluding hydrogens is 396 g/mol. The van der Waals surface area contributed by atoms with Crippen LogP contribution in [0.2, 0.25) is 0 Å². The summed E-state index contributed by atoms with van der Waals surface area (Å²) in [6.45, 7) is 7.14. The number of ether oxygens (including phenoxy) is 2. The highest BCUT2D eigenvalue weighted by atomic mass is 16.5. The molecule has 1 amide bonds. The van der Waals surface area contributed by atoms with Crippen molar-refractivity contribution in [2.45, 2.75) is 33.9 Å². The minimum Gasteiger partial charge on any atom is -0.488 e. The number of hydrogen-bond donors (Lipinski definition) is 0. The summed E-state index contributed by atoms with van der Waals surface area (Å²) in [6.07, 6.45) is 4.97. The average Bonchev–Trinajstić information content (AvgIpc) is 3.34. The Kier molecular flexibility index (Phi) is 5.54. The maximum absolute atomic E-state index is 13.0. The molecule has 9 heteroatoms. The Morgan fingerprint density at radius 2 is 2.00 bits per heavy atom. The van der Waals surface area contributed by atoms with Crippen molar-refractivity contribution in [1.29, 1.82) is 5.26 Å². The first-order chi connectivity index (χ1) is 15.0. The van der Waals surface area contributed by atoms with Crippen molar-refractivity contribution >= 4 is 11.6 Å². The van der Waals surface area contributed by atoms with Crippen LogP contribution in [0.1, 0.15) is 35.5 Å². The summed E-state index contributed by atoms with van der Waals surface area (Å²) < 4.78 is 12.7. The molecule has 3 aromatic heterocycles. The molecule has 1 aliphatic heterocycles. The molecule has 0 unspecified atom stereocenters. The van der Waals surface area contributed by atoms with E-state index in [1.807, 2.05) is 39.0 Å². The fourth-order valence-electron chi connectivity index (χ4n) is 3.58. The molecule has 0 spiro atoms. The van der Waals surface area contributed by atoms with E-state index < -0.39 is 0 Å². The monoisotopic (exact) mass is 418 g/mol. The standard InChI is InChI=1S/C22H22N6O3/c1-4-30-19-9-15(10-24-21(19)31-5-2)17-8-14(3)20-18(26-17)13-28(22(20)29)16-11-25-27(12-16)7-6-23/h8-12H,4-5,7,13H2,1-3H3. The Balaban J connectivity index is 1.68. The second-order valence-electron chi connectivity index (χ2n) is 6.98. The highest BCUT2D eigenvalue weighted by Crippen LogP contribution is 2.34. The van der Waals surface area contributed by atoms with E-state index in [-0.39, 0.29) is 12.5 Å². The lowest BCUT2D eigenvalue weighted by Crippen LogP contribution is -2.22. The summed E-state index contributed by atoms with van der Waals surface area (Å²) in [6, 6.07) is 5.77. The van der Waals surface area contributed by atoms with Crippen LogP contribution >= 0.6 is 0 Å². The molecular formula is C22H22N6O3. The first-order valence-corrected chi connectivity index (χ1v) is 10.0. The number of carbonyl (C=O) groups is 1. The molecule has 3 aromatic rings. The fraction of sp³-hybridized carbons (Fsp3) is 0.318. The number of anilines is 1. The molecule has 4 rings (SSSR count). The van der Waals surface area contributed by atoms with E-state index in [9.17, 15) is 4.79 Å². The van der Waals surface area contributed by atoms with Crippen LogP contribution < -0.4 is 14.4 Å². The Labute approximate surface area is 179 Å². The molecule has 4 heterocycles. The zero-order chi connectivity index (χ0) is 22.0. The Morgan fingerprint density at radius 3 is 2.74 bits per heavy atom. The topological polar surface area (TPSA) is 106 Å². The van der Waals surface area contributed by atoms with Gasteiger partial charge in [0, 0.05) is 18.0 Å². The first-order valence-electron chi connectivity index (χ1n) is 10.0. The summed E-state index contributed by atoms with van der Waals surface area (Å²) >= 11 is 0. The molecule has 1 aliphatic rings. The number of aryl methyl sites for hydroxylation is 1. The zero-order valence-corrected chi connectivity index (χ0v) is 17.6. The van der Waals surface area contributed by atoms with Crippen LogP contribution in [0.15, 0.2) is 30.7 Å². The van der Waals surface area contributed by atoms with Gasteiger partial charge in [0.05, 0.1) is 54.7 Å². The van der Waals surface area contributed by atoms with E-state index in [1.165, 1.54) is 4.68 Å². The van der Waals surface area contributed by atoms with Crippen LogP contribution in [0, 0.1) is 18.3 Å². The number of pyridine rings is 2. The lowest BCUT2D eigenvalue weighted by atomic mass is 10.0. The van der Waals surface area contributed by atoms with Gasteiger partial charge in [0.1, 0.15) is 6.54 Å². The third kappa shape index (κ3) is 3.80. The smallest absolute Gasteiger partial charge is 0.260 e. The number of amides is 1. The molecule has 31 heavy (non-hydrogen) atoms. The fourth-order valence-corrected chi connectivity index (χ4v) is 3.58. The molecule has 0 atom stereocenters. The van der Waals surface area contributed by atoms with Gasteiger partial charge in [-0.3, -0.25) is 19.4 Å². The number of rotatable bonds is 7. The van der Waals surface area contributed by atoms with Gasteiger partial charge in [-0.1, -0.05) is 0 Å². The van der Waals surface area contributed by atoms with Gasteiger partial charge < -0.3 is 9.47 Å². The first kappa shape index (κ1) is 20.3. The van der Waals surface area contributed by atoms with Crippen LogP contribution in [0.5, 0.6) is 11.6 Å². The second kappa shape index (κ2) is 8.44. The largest absolute Gasteiger partial charge is 0.488 e. The van der Waals surface area contributed by atoms with Crippen molar-refractivity contribution in [3.63, 3.8) is 0 Å².